The molecule has 1 saturated heterocycles. The van der Waals surface area contributed by atoms with Gasteiger partial charge in [-0.05, 0) is 49.9 Å². The van der Waals surface area contributed by atoms with Crippen molar-refractivity contribution in [3.8, 4) is 0 Å². The molecule has 2 aliphatic rings. The Bertz CT molecular complexity index is 536. The topological polar surface area (TPSA) is 50.4 Å². The lowest BCUT2D eigenvalue weighted by molar-refractivity contribution is -0.0121. The minimum Gasteiger partial charge on any atom is -0.373 e. The maximum Gasteiger partial charge on any atom is 0.251 e. The van der Waals surface area contributed by atoms with E-state index >= 15 is 0 Å². The van der Waals surface area contributed by atoms with Crippen molar-refractivity contribution in [1.82, 2.24) is 10.6 Å². The number of hydrogen-bond donors (Lipinski definition) is 2. The molecule has 0 saturated carbocycles. The van der Waals surface area contributed by atoms with E-state index in [1.807, 2.05) is 6.07 Å². The van der Waals surface area contributed by atoms with Crippen LogP contribution in [0.4, 0.5) is 0 Å². The lowest BCUT2D eigenvalue weighted by Gasteiger charge is -2.35. The second kappa shape index (κ2) is 5.78. The molecule has 114 valence electrons. The SMILES string of the molecule is CCNC(c1ccc2c(c1)C(=O)NCC2)C1(C)CCCO1. The first-order valence-electron chi connectivity index (χ1n) is 7.92. The molecule has 2 unspecified atom stereocenters. The molecule has 0 radical (unpaired) electrons. The summed E-state index contributed by atoms with van der Waals surface area (Å²) in [5, 5.41) is 6.47. The van der Waals surface area contributed by atoms with Gasteiger partial charge in [-0.2, -0.15) is 0 Å². The third kappa shape index (κ3) is 2.70. The first kappa shape index (κ1) is 14.5. The summed E-state index contributed by atoms with van der Waals surface area (Å²) in [6.45, 7) is 6.72. The molecule has 1 aromatic rings. The Balaban J connectivity index is 1.96. The van der Waals surface area contributed by atoms with Crippen LogP contribution >= 0.6 is 0 Å². The molecule has 0 bridgehead atoms. The summed E-state index contributed by atoms with van der Waals surface area (Å²) in [4.78, 5) is 12.1. The third-order valence-electron chi connectivity index (χ3n) is 4.66. The van der Waals surface area contributed by atoms with E-state index in [9.17, 15) is 4.79 Å². The molecule has 21 heavy (non-hydrogen) atoms. The van der Waals surface area contributed by atoms with E-state index in [2.05, 4.69) is 36.6 Å². The van der Waals surface area contributed by atoms with Crippen molar-refractivity contribution < 1.29 is 9.53 Å². The number of ether oxygens (including phenoxy) is 1. The monoisotopic (exact) mass is 288 g/mol. The summed E-state index contributed by atoms with van der Waals surface area (Å²) in [7, 11) is 0. The molecule has 0 spiro atoms. The van der Waals surface area contributed by atoms with Crippen molar-refractivity contribution >= 4 is 5.91 Å². The van der Waals surface area contributed by atoms with Gasteiger partial charge in [-0.25, -0.2) is 0 Å². The highest BCUT2D eigenvalue weighted by atomic mass is 16.5. The summed E-state index contributed by atoms with van der Waals surface area (Å²) in [5.41, 5.74) is 2.94. The minimum atomic E-state index is -0.185. The molecule has 1 fully saturated rings. The van der Waals surface area contributed by atoms with Gasteiger partial charge in [0.15, 0.2) is 0 Å². The van der Waals surface area contributed by atoms with Crippen LogP contribution < -0.4 is 10.6 Å². The normalized spacial score (nSPS) is 26.3. The van der Waals surface area contributed by atoms with Gasteiger partial charge < -0.3 is 15.4 Å². The van der Waals surface area contributed by atoms with Crippen molar-refractivity contribution in [3.63, 3.8) is 0 Å². The van der Waals surface area contributed by atoms with Crippen LogP contribution in [0.25, 0.3) is 0 Å². The average molecular weight is 288 g/mol. The van der Waals surface area contributed by atoms with Gasteiger partial charge in [0.1, 0.15) is 0 Å². The summed E-state index contributed by atoms with van der Waals surface area (Å²) in [5.74, 6) is 0.0471. The molecule has 1 aromatic carbocycles. The first-order chi connectivity index (χ1) is 10.1. The predicted molar refractivity (Wildman–Crippen MR) is 82.5 cm³/mol. The van der Waals surface area contributed by atoms with Crippen LogP contribution in [-0.2, 0) is 11.2 Å². The van der Waals surface area contributed by atoms with Crippen LogP contribution in [0.3, 0.4) is 0 Å². The van der Waals surface area contributed by atoms with Crippen LogP contribution in [0.15, 0.2) is 18.2 Å². The fourth-order valence-electron chi connectivity index (χ4n) is 3.53. The van der Waals surface area contributed by atoms with E-state index in [1.54, 1.807) is 0 Å². The third-order valence-corrected chi connectivity index (χ3v) is 4.66. The maximum atomic E-state index is 12.1. The van der Waals surface area contributed by atoms with Crippen molar-refractivity contribution in [2.24, 2.45) is 0 Å². The molecule has 2 heterocycles. The molecule has 4 nitrogen and oxygen atoms in total. The molecule has 3 rings (SSSR count). The molecule has 1 amide bonds. The fourth-order valence-corrected chi connectivity index (χ4v) is 3.53. The van der Waals surface area contributed by atoms with Gasteiger partial charge in [0.2, 0.25) is 0 Å². The van der Waals surface area contributed by atoms with Crippen LogP contribution in [-0.4, -0.2) is 31.2 Å². The molecule has 2 atom stereocenters. The van der Waals surface area contributed by atoms with Crippen molar-refractivity contribution in [1.29, 1.82) is 0 Å². The number of likely N-dealkylation sites (N-methyl/N-ethyl adjacent to an activating group) is 1. The summed E-state index contributed by atoms with van der Waals surface area (Å²) in [6.07, 6.45) is 3.07. The lowest BCUT2D eigenvalue weighted by Crippen LogP contribution is -2.41. The zero-order valence-corrected chi connectivity index (χ0v) is 12.9. The van der Waals surface area contributed by atoms with Gasteiger partial charge in [-0.3, -0.25) is 4.79 Å². The highest BCUT2D eigenvalue weighted by molar-refractivity contribution is 5.96. The number of rotatable bonds is 4. The van der Waals surface area contributed by atoms with Crippen LogP contribution in [0.2, 0.25) is 0 Å². The van der Waals surface area contributed by atoms with E-state index < -0.39 is 0 Å². The molecule has 4 heteroatoms. The Kier molecular flexibility index (Phi) is 4.00. The number of amides is 1. The van der Waals surface area contributed by atoms with Crippen LogP contribution in [0.1, 0.15) is 54.2 Å². The number of carbonyl (C=O) groups excluding carboxylic acids is 1. The number of carbonyl (C=O) groups is 1. The molecule has 0 aliphatic carbocycles. The van der Waals surface area contributed by atoms with Crippen molar-refractivity contribution in [2.45, 2.75) is 44.8 Å². The standard InChI is InChI=1S/C17H24N2O2/c1-3-18-15(17(2)8-4-10-21-17)13-6-5-12-7-9-19-16(20)14(12)11-13/h5-6,11,15,18H,3-4,7-10H2,1-2H3,(H,19,20). The van der Waals surface area contributed by atoms with Gasteiger partial charge in [-0.1, -0.05) is 19.1 Å². The Hall–Kier alpha value is -1.39. The highest BCUT2D eigenvalue weighted by Crippen LogP contribution is 2.38. The smallest absolute Gasteiger partial charge is 0.251 e. The minimum absolute atomic E-state index is 0.0471. The second-order valence-electron chi connectivity index (χ2n) is 6.18. The number of nitrogens with one attached hydrogen (secondary N) is 2. The van der Waals surface area contributed by atoms with E-state index in [-0.39, 0.29) is 17.6 Å². The number of hydrogen-bond acceptors (Lipinski definition) is 3. The quantitative estimate of drug-likeness (QED) is 0.893. The number of benzene rings is 1. The van der Waals surface area contributed by atoms with Gasteiger partial charge in [-0.15, -0.1) is 0 Å². The molecule has 0 aromatic heterocycles. The van der Waals surface area contributed by atoms with E-state index in [4.69, 9.17) is 4.74 Å². The Morgan fingerprint density at radius 2 is 2.33 bits per heavy atom. The summed E-state index contributed by atoms with van der Waals surface area (Å²) in [6, 6.07) is 6.43. The Morgan fingerprint density at radius 3 is 3.05 bits per heavy atom. The highest BCUT2D eigenvalue weighted by Gasteiger charge is 2.39. The number of fused-ring (bicyclic) bond motifs is 1. The zero-order valence-electron chi connectivity index (χ0n) is 12.9. The Morgan fingerprint density at radius 1 is 1.48 bits per heavy atom. The Labute approximate surface area is 126 Å². The summed E-state index contributed by atoms with van der Waals surface area (Å²) < 4.78 is 6.02. The molecule has 2 N–H and O–H groups in total. The van der Waals surface area contributed by atoms with Gasteiger partial charge in [0.05, 0.1) is 11.6 Å². The van der Waals surface area contributed by atoms with Gasteiger partial charge in [0, 0.05) is 18.7 Å². The van der Waals surface area contributed by atoms with E-state index in [0.29, 0.717) is 0 Å². The average Bonchev–Trinajstić information content (AvgIpc) is 2.93. The van der Waals surface area contributed by atoms with E-state index in [0.717, 1.165) is 55.6 Å². The fraction of sp³-hybridized carbons (Fsp3) is 0.588. The van der Waals surface area contributed by atoms with Crippen LogP contribution in [0.5, 0.6) is 0 Å². The maximum absolute atomic E-state index is 12.1. The van der Waals surface area contributed by atoms with Gasteiger partial charge in [0.25, 0.3) is 5.91 Å². The lowest BCUT2D eigenvalue weighted by atomic mass is 9.85. The first-order valence-corrected chi connectivity index (χ1v) is 7.92. The largest absolute Gasteiger partial charge is 0.373 e. The second-order valence-corrected chi connectivity index (χ2v) is 6.18. The molecule has 2 aliphatic heterocycles. The van der Waals surface area contributed by atoms with Crippen LogP contribution in [0, 0.1) is 0 Å². The van der Waals surface area contributed by atoms with Crippen molar-refractivity contribution in [2.75, 3.05) is 19.7 Å². The predicted octanol–water partition coefficient (Wildman–Crippen LogP) is 2.19. The van der Waals surface area contributed by atoms with Crippen molar-refractivity contribution in [3.05, 3.63) is 34.9 Å². The molecular weight excluding hydrogens is 264 g/mol. The zero-order chi connectivity index (χ0) is 14.9. The molecular formula is C17H24N2O2. The van der Waals surface area contributed by atoms with E-state index in [1.165, 1.54) is 0 Å². The summed E-state index contributed by atoms with van der Waals surface area (Å²) >= 11 is 0. The van der Waals surface area contributed by atoms with Gasteiger partial charge >= 0.3 is 0 Å².